The van der Waals surface area contributed by atoms with Crippen molar-refractivity contribution < 1.29 is 22.8 Å². The van der Waals surface area contributed by atoms with Gasteiger partial charge in [0.1, 0.15) is 6.10 Å². The standard InChI is InChI=1S/C11H16N2O3S.C10H15N3O2/c1-17(14,15)11-8-12-10(7-13-11)16-9-5-3-2-4-6-9;1-7(2)9-11-10(15-12-9)13-5-3-8(14)4-6-13/h7-9H,2-6H2,1H3;8,14H,1,3-6H2,2H3. The van der Waals surface area contributed by atoms with Crippen LogP contribution in [0.2, 0.25) is 0 Å². The minimum Gasteiger partial charge on any atom is -0.473 e. The quantitative estimate of drug-likeness (QED) is 0.703. The molecule has 1 aliphatic carbocycles. The highest BCUT2D eigenvalue weighted by Gasteiger charge is 2.21. The molecule has 11 heteroatoms. The van der Waals surface area contributed by atoms with E-state index < -0.39 is 9.84 Å². The van der Waals surface area contributed by atoms with E-state index in [0.717, 1.165) is 50.6 Å². The van der Waals surface area contributed by atoms with Gasteiger partial charge in [-0.25, -0.2) is 18.4 Å². The Morgan fingerprint density at radius 1 is 1.16 bits per heavy atom. The van der Waals surface area contributed by atoms with Gasteiger partial charge in [0.2, 0.25) is 5.88 Å². The lowest BCUT2D eigenvalue weighted by Crippen LogP contribution is -2.35. The first kappa shape index (κ1) is 24.1. The third-order valence-electron chi connectivity index (χ3n) is 5.36. The molecule has 1 saturated carbocycles. The monoisotopic (exact) mass is 465 g/mol. The first-order valence-corrected chi connectivity index (χ1v) is 12.7. The summed E-state index contributed by atoms with van der Waals surface area (Å²) in [4.78, 5) is 14.0. The normalized spacial score (nSPS) is 18.0. The van der Waals surface area contributed by atoms with Gasteiger partial charge in [-0.1, -0.05) is 18.2 Å². The van der Waals surface area contributed by atoms with Gasteiger partial charge >= 0.3 is 6.01 Å². The topological polar surface area (TPSA) is 132 Å². The number of allylic oxidation sites excluding steroid dienone is 1. The summed E-state index contributed by atoms with van der Waals surface area (Å²) in [5, 5.41) is 13.2. The molecule has 0 amide bonds. The van der Waals surface area contributed by atoms with Gasteiger partial charge in [-0.05, 0) is 51.0 Å². The summed E-state index contributed by atoms with van der Waals surface area (Å²) in [6.45, 7) is 7.12. The van der Waals surface area contributed by atoms with Crippen molar-refractivity contribution >= 4 is 21.4 Å². The third-order valence-corrected chi connectivity index (χ3v) is 6.33. The SMILES string of the molecule is C=C(C)c1noc(N2CCC(O)CC2)n1.CS(=O)(=O)c1cnc(OC2CCCCC2)cn1. The van der Waals surface area contributed by atoms with Crippen molar-refractivity contribution in [1.29, 1.82) is 0 Å². The number of aromatic nitrogens is 4. The lowest BCUT2D eigenvalue weighted by atomic mass is 9.98. The fourth-order valence-electron chi connectivity index (χ4n) is 3.48. The smallest absolute Gasteiger partial charge is 0.324 e. The van der Waals surface area contributed by atoms with Gasteiger partial charge in [0, 0.05) is 19.3 Å². The predicted molar refractivity (Wildman–Crippen MR) is 119 cm³/mol. The van der Waals surface area contributed by atoms with Crippen LogP contribution in [0.25, 0.3) is 5.57 Å². The second kappa shape index (κ2) is 10.9. The van der Waals surface area contributed by atoms with Gasteiger partial charge < -0.3 is 19.3 Å². The molecule has 3 heterocycles. The maximum Gasteiger partial charge on any atom is 0.324 e. The summed E-state index contributed by atoms with van der Waals surface area (Å²) in [5.41, 5.74) is 0.794. The summed E-state index contributed by atoms with van der Waals surface area (Å²) >= 11 is 0. The lowest BCUT2D eigenvalue weighted by molar-refractivity contribution is 0.143. The molecule has 2 aliphatic rings. The minimum absolute atomic E-state index is 0.0199. The second-order valence-electron chi connectivity index (χ2n) is 8.24. The van der Waals surface area contributed by atoms with Crippen molar-refractivity contribution in [3.8, 4) is 5.88 Å². The van der Waals surface area contributed by atoms with Crippen LogP contribution in [0, 0.1) is 0 Å². The molecule has 1 N–H and O–H groups in total. The number of hydrogen-bond donors (Lipinski definition) is 1. The molecule has 1 saturated heterocycles. The van der Waals surface area contributed by atoms with E-state index in [1.54, 1.807) is 0 Å². The number of nitrogens with zero attached hydrogens (tertiary/aromatic N) is 5. The molecule has 0 radical (unpaired) electrons. The summed E-state index contributed by atoms with van der Waals surface area (Å²) in [5.74, 6) is 0.959. The van der Waals surface area contributed by atoms with Gasteiger partial charge in [-0.15, -0.1) is 0 Å². The number of sulfone groups is 1. The van der Waals surface area contributed by atoms with Crippen LogP contribution in [0.1, 0.15) is 57.7 Å². The predicted octanol–water partition coefficient (Wildman–Crippen LogP) is 2.66. The molecule has 2 fully saturated rings. The van der Waals surface area contributed by atoms with E-state index >= 15 is 0 Å². The third kappa shape index (κ3) is 6.99. The number of aliphatic hydroxyl groups excluding tert-OH is 1. The van der Waals surface area contributed by atoms with Crippen molar-refractivity contribution in [1.82, 2.24) is 20.1 Å². The van der Waals surface area contributed by atoms with Crippen LogP contribution in [0.5, 0.6) is 5.88 Å². The lowest BCUT2D eigenvalue weighted by Gasteiger charge is -2.27. The zero-order valence-corrected chi connectivity index (χ0v) is 19.4. The molecule has 32 heavy (non-hydrogen) atoms. The Kier molecular flexibility index (Phi) is 8.19. The number of anilines is 1. The molecule has 0 atom stereocenters. The van der Waals surface area contributed by atoms with E-state index in [4.69, 9.17) is 9.26 Å². The Morgan fingerprint density at radius 3 is 2.38 bits per heavy atom. The van der Waals surface area contributed by atoms with Crippen LogP contribution in [-0.2, 0) is 9.84 Å². The van der Waals surface area contributed by atoms with Crippen molar-refractivity contribution in [3.05, 3.63) is 24.8 Å². The Morgan fingerprint density at radius 2 is 1.84 bits per heavy atom. The average Bonchev–Trinajstić information content (AvgIpc) is 3.26. The first-order valence-electron chi connectivity index (χ1n) is 10.8. The Labute approximate surface area is 188 Å². The molecule has 4 rings (SSSR count). The number of ether oxygens (including phenoxy) is 1. The molecule has 0 unspecified atom stereocenters. The molecule has 0 spiro atoms. The van der Waals surface area contributed by atoms with E-state index in [1.165, 1.54) is 31.7 Å². The van der Waals surface area contributed by atoms with E-state index in [2.05, 4.69) is 26.7 Å². The van der Waals surface area contributed by atoms with Crippen molar-refractivity contribution in [2.75, 3.05) is 24.2 Å². The van der Waals surface area contributed by atoms with Crippen LogP contribution in [0.15, 0.2) is 28.5 Å². The van der Waals surface area contributed by atoms with Crippen molar-refractivity contribution in [2.45, 2.75) is 69.1 Å². The molecule has 10 nitrogen and oxygen atoms in total. The summed E-state index contributed by atoms with van der Waals surface area (Å²) in [7, 11) is -3.28. The summed E-state index contributed by atoms with van der Waals surface area (Å²) in [6.07, 6.45) is 10.9. The number of rotatable bonds is 5. The molecule has 0 bridgehead atoms. The van der Waals surface area contributed by atoms with E-state index in [9.17, 15) is 13.5 Å². The summed E-state index contributed by atoms with van der Waals surface area (Å²) in [6, 6.07) is 0.528. The highest BCUT2D eigenvalue weighted by molar-refractivity contribution is 7.90. The van der Waals surface area contributed by atoms with Crippen molar-refractivity contribution in [2.24, 2.45) is 0 Å². The summed E-state index contributed by atoms with van der Waals surface area (Å²) < 4.78 is 33.2. The maximum atomic E-state index is 11.2. The number of hydrogen-bond acceptors (Lipinski definition) is 10. The Bertz CT molecular complexity index is 978. The van der Waals surface area contributed by atoms with Crippen LogP contribution < -0.4 is 9.64 Å². The van der Waals surface area contributed by atoms with Gasteiger partial charge in [0.15, 0.2) is 20.7 Å². The molecule has 1 aliphatic heterocycles. The maximum absolute atomic E-state index is 11.2. The van der Waals surface area contributed by atoms with E-state index in [-0.39, 0.29) is 17.2 Å². The molecular formula is C21H31N5O5S. The average molecular weight is 466 g/mol. The van der Waals surface area contributed by atoms with Crippen LogP contribution in [-0.4, -0.2) is 65.2 Å². The molecule has 2 aromatic heterocycles. The zero-order chi connectivity index (χ0) is 23.1. The molecule has 2 aromatic rings. The van der Waals surface area contributed by atoms with Gasteiger partial charge in [0.25, 0.3) is 0 Å². The van der Waals surface area contributed by atoms with Crippen LogP contribution in [0.4, 0.5) is 6.01 Å². The Balaban J connectivity index is 0.000000182. The zero-order valence-electron chi connectivity index (χ0n) is 18.6. The number of aliphatic hydroxyl groups is 1. The number of piperidine rings is 1. The van der Waals surface area contributed by atoms with E-state index in [0.29, 0.717) is 17.7 Å². The largest absolute Gasteiger partial charge is 0.473 e. The molecule has 0 aromatic carbocycles. The van der Waals surface area contributed by atoms with Gasteiger partial charge in [0.05, 0.1) is 18.5 Å². The highest BCUT2D eigenvalue weighted by Crippen LogP contribution is 2.22. The fourth-order valence-corrected chi connectivity index (χ4v) is 3.97. The van der Waals surface area contributed by atoms with Crippen LogP contribution >= 0.6 is 0 Å². The molecule has 176 valence electrons. The molecular weight excluding hydrogens is 434 g/mol. The highest BCUT2D eigenvalue weighted by atomic mass is 32.2. The van der Waals surface area contributed by atoms with Crippen LogP contribution in [0.3, 0.4) is 0 Å². The first-order chi connectivity index (χ1) is 15.2. The van der Waals surface area contributed by atoms with Gasteiger partial charge in [-0.3, -0.25) is 0 Å². The van der Waals surface area contributed by atoms with Gasteiger partial charge in [-0.2, -0.15) is 4.98 Å². The van der Waals surface area contributed by atoms with E-state index in [1.807, 2.05) is 11.8 Å². The fraction of sp³-hybridized carbons (Fsp3) is 0.619. The Hall–Kier alpha value is -2.53. The minimum atomic E-state index is -3.28. The van der Waals surface area contributed by atoms with Crippen molar-refractivity contribution in [3.63, 3.8) is 0 Å². The second-order valence-corrected chi connectivity index (χ2v) is 10.2.